The lowest BCUT2D eigenvalue weighted by atomic mass is 10.0. The van der Waals surface area contributed by atoms with E-state index in [1.54, 1.807) is 6.20 Å². The van der Waals surface area contributed by atoms with E-state index in [-0.39, 0.29) is 5.91 Å². The Morgan fingerprint density at radius 2 is 1.73 bits per heavy atom. The van der Waals surface area contributed by atoms with Gasteiger partial charge in [0.1, 0.15) is 0 Å². The van der Waals surface area contributed by atoms with E-state index in [0.717, 1.165) is 17.0 Å². The number of fused-ring (bicyclic) bond motifs is 1. The monoisotopic (exact) mass is 435 g/mol. The van der Waals surface area contributed by atoms with Gasteiger partial charge in [-0.1, -0.05) is 54.6 Å². The minimum Gasteiger partial charge on any atom is -0.319 e. The third-order valence-corrected chi connectivity index (χ3v) is 5.76. The van der Waals surface area contributed by atoms with E-state index in [2.05, 4.69) is 51.9 Å². The molecule has 1 amide bonds. The second kappa shape index (κ2) is 8.74. The Morgan fingerprint density at radius 3 is 2.52 bits per heavy atom. The summed E-state index contributed by atoms with van der Waals surface area (Å²) in [7, 11) is 0. The lowest BCUT2D eigenvalue weighted by Crippen LogP contribution is -2.12. The van der Waals surface area contributed by atoms with Crippen LogP contribution in [0.15, 0.2) is 85.2 Å². The van der Waals surface area contributed by atoms with Crippen molar-refractivity contribution >= 4 is 22.4 Å². The van der Waals surface area contributed by atoms with E-state index in [1.807, 2.05) is 65.8 Å². The zero-order valence-electron chi connectivity index (χ0n) is 18.7. The summed E-state index contributed by atoms with van der Waals surface area (Å²) in [5.74, 6) is -0.155. The van der Waals surface area contributed by atoms with Gasteiger partial charge >= 0.3 is 0 Å². The highest BCUT2D eigenvalue weighted by atomic mass is 16.1. The second-order valence-corrected chi connectivity index (χ2v) is 8.30. The number of amides is 1. The third-order valence-electron chi connectivity index (χ3n) is 5.76. The number of hydrogen-bond donors (Lipinski definition) is 1. The van der Waals surface area contributed by atoms with Gasteiger partial charge in [-0.15, -0.1) is 0 Å². The predicted molar refractivity (Wildman–Crippen MR) is 130 cm³/mol. The van der Waals surface area contributed by atoms with Crippen LogP contribution in [0.2, 0.25) is 0 Å². The molecule has 2 aromatic heterocycles. The van der Waals surface area contributed by atoms with Crippen molar-refractivity contribution in [1.29, 1.82) is 0 Å². The average Bonchev–Trinajstić information content (AvgIpc) is 3.39. The Hall–Kier alpha value is -4.19. The smallest absolute Gasteiger partial charge is 0.255 e. The van der Waals surface area contributed by atoms with Crippen molar-refractivity contribution in [3.63, 3.8) is 0 Å². The molecule has 164 valence electrons. The SMILES string of the molecule is Cc1cc(C)n(Cc2ccc(C(=O)Nc3cnn(Cc4cccc5ccccc45)c3)cc2)n1. The average molecular weight is 436 g/mol. The summed E-state index contributed by atoms with van der Waals surface area (Å²) in [6.07, 6.45) is 3.54. The molecule has 0 atom stereocenters. The molecule has 0 saturated carbocycles. The normalized spacial score (nSPS) is 11.1. The van der Waals surface area contributed by atoms with Crippen molar-refractivity contribution in [2.75, 3.05) is 5.32 Å². The number of aromatic nitrogens is 4. The van der Waals surface area contributed by atoms with Crippen LogP contribution in [0, 0.1) is 13.8 Å². The third kappa shape index (κ3) is 4.55. The Morgan fingerprint density at radius 1 is 0.939 bits per heavy atom. The zero-order chi connectivity index (χ0) is 22.8. The van der Waals surface area contributed by atoms with Crippen LogP contribution < -0.4 is 5.32 Å². The molecule has 1 N–H and O–H groups in total. The van der Waals surface area contributed by atoms with Crippen LogP contribution in [-0.4, -0.2) is 25.5 Å². The van der Waals surface area contributed by atoms with Gasteiger partial charge in [0.2, 0.25) is 0 Å². The van der Waals surface area contributed by atoms with Gasteiger partial charge in [0.15, 0.2) is 0 Å². The molecule has 0 aliphatic rings. The molecule has 0 fully saturated rings. The molecule has 0 radical (unpaired) electrons. The highest BCUT2D eigenvalue weighted by Crippen LogP contribution is 2.20. The minimum absolute atomic E-state index is 0.155. The Labute approximate surface area is 192 Å². The van der Waals surface area contributed by atoms with E-state index in [1.165, 1.54) is 16.3 Å². The number of aryl methyl sites for hydroxylation is 2. The first-order valence-electron chi connectivity index (χ1n) is 11.0. The molecule has 6 nitrogen and oxygen atoms in total. The summed E-state index contributed by atoms with van der Waals surface area (Å²) < 4.78 is 3.81. The Bertz CT molecular complexity index is 1420. The molecule has 2 heterocycles. The number of anilines is 1. The molecule has 5 aromatic rings. The van der Waals surface area contributed by atoms with E-state index in [9.17, 15) is 4.79 Å². The topological polar surface area (TPSA) is 64.7 Å². The summed E-state index contributed by atoms with van der Waals surface area (Å²) in [4.78, 5) is 12.7. The molecular weight excluding hydrogens is 410 g/mol. The zero-order valence-corrected chi connectivity index (χ0v) is 18.7. The fraction of sp³-hybridized carbons (Fsp3) is 0.148. The summed E-state index contributed by atoms with van der Waals surface area (Å²) in [5, 5.41) is 14.3. The summed E-state index contributed by atoms with van der Waals surface area (Å²) in [5.41, 5.74) is 5.69. The van der Waals surface area contributed by atoms with E-state index >= 15 is 0 Å². The van der Waals surface area contributed by atoms with Crippen LogP contribution in [0.1, 0.15) is 32.9 Å². The fourth-order valence-corrected chi connectivity index (χ4v) is 4.09. The number of benzene rings is 3. The fourth-order valence-electron chi connectivity index (χ4n) is 4.09. The van der Waals surface area contributed by atoms with Gasteiger partial charge in [0.25, 0.3) is 5.91 Å². The molecule has 0 saturated heterocycles. The van der Waals surface area contributed by atoms with Gasteiger partial charge in [-0.05, 0) is 53.9 Å². The molecular formula is C27H25N5O. The van der Waals surface area contributed by atoms with Gasteiger partial charge in [-0.25, -0.2) is 0 Å². The molecule has 6 heteroatoms. The van der Waals surface area contributed by atoms with Crippen molar-refractivity contribution in [1.82, 2.24) is 19.6 Å². The van der Waals surface area contributed by atoms with E-state index in [4.69, 9.17) is 0 Å². The largest absolute Gasteiger partial charge is 0.319 e. The lowest BCUT2D eigenvalue weighted by molar-refractivity contribution is 0.102. The van der Waals surface area contributed by atoms with Crippen molar-refractivity contribution in [2.45, 2.75) is 26.9 Å². The van der Waals surface area contributed by atoms with E-state index < -0.39 is 0 Å². The van der Waals surface area contributed by atoms with Crippen molar-refractivity contribution in [3.05, 3.63) is 113 Å². The summed E-state index contributed by atoms with van der Waals surface area (Å²) in [6, 6.07) is 24.3. The summed E-state index contributed by atoms with van der Waals surface area (Å²) in [6.45, 7) is 5.35. The lowest BCUT2D eigenvalue weighted by Gasteiger charge is -2.07. The Balaban J connectivity index is 1.24. The van der Waals surface area contributed by atoms with Crippen molar-refractivity contribution in [2.24, 2.45) is 0 Å². The number of hydrogen-bond acceptors (Lipinski definition) is 3. The Kier molecular flexibility index (Phi) is 5.48. The predicted octanol–water partition coefficient (Wildman–Crippen LogP) is 5.20. The molecule has 5 rings (SSSR count). The highest BCUT2D eigenvalue weighted by molar-refractivity contribution is 6.04. The standard InChI is InChI=1S/C27H25N5O/c1-19-14-20(2)32(30-19)16-21-10-12-23(13-11-21)27(33)29-25-15-28-31(18-25)17-24-8-5-7-22-6-3-4-9-26(22)24/h3-15,18H,16-17H2,1-2H3,(H,29,33). The van der Waals surface area contributed by atoms with Gasteiger partial charge in [-0.3, -0.25) is 14.2 Å². The van der Waals surface area contributed by atoms with Gasteiger partial charge in [0.05, 0.1) is 30.7 Å². The van der Waals surface area contributed by atoms with Crippen LogP contribution in [0.3, 0.4) is 0 Å². The van der Waals surface area contributed by atoms with E-state index in [0.29, 0.717) is 24.3 Å². The molecule has 0 spiro atoms. The molecule has 0 unspecified atom stereocenters. The molecule has 3 aromatic carbocycles. The summed E-state index contributed by atoms with van der Waals surface area (Å²) >= 11 is 0. The molecule has 33 heavy (non-hydrogen) atoms. The number of rotatable bonds is 6. The first-order chi connectivity index (χ1) is 16.0. The maximum absolute atomic E-state index is 12.7. The van der Waals surface area contributed by atoms with Gasteiger partial charge < -0.3 is 5.32 Å². The second-order valence-electron chi connectivity index (χ2n) is 8.30. The minimum atomic E-state index is -0.155. The first-order valence-corrected chi connectivity index (χ1v) is 11.0. The molecule has 0 bridgehead atoms. The molecule has 0 aliphatic heterocycles. The maximum Gasteiger partial charge on any atom is 0.255 e. The quantitative estimate of drug-likeness (QED) is 0.399. The van der Waals surface area contributed by atoms with Crippen LogP contribution >= 0.6 is 0 Å². The molecule has 0 aliphatic carbocycles. The van der Waals surface area contributed by atoms with Crippen LogP contribution in [0.5, 0.6) is 0 Å². The number of carbonyl (C=O) groups is 1. The van der Waals surface area contributed by atoms with Crippen LogP contribution in [0.4, 0.5) is 5.69 Å². The maximum atomic E-state index is 12.7. The first kappa shape index (κ1) is 20.7. The van der Waals surface area contributed by atoms with Crippen LogP contribution in [0.25, 0.3) is 10.8 Å². The van der Waals surface area contributed by atoms with Crippen molar-refractivity contribution in [3.8, 4) is 0 Å². The van der Waals surface area contributed by atoms with Gasteiger partial charge in [0, 0.05) is 17.5 Å². The van der Waals surface area contributed by atoms with Gasteiger partial charge in [-0.2, -0.15) is 10.2 Å². The number of nitrogens with zero attached hydrogens (tertiary/aromatic N) is 4. The number of nitrogens with one attached hydrogen (secondary N) is 1. The number of carbonyl (C=O) groups excluding carboxylic acids is 1. The van der Waals surface area contributed by atoms with Crippen molar-refractivity contribution < 1.29 is 4.79 Å². The van der Waals surface area contributed by atoms with Crippen LogP contribution in [-0.2, 0) is 13.1 Å². The highest BCUT2D eigenvalue weighted by Gasteiger charge is 2.10.